The lowest BCUT2D eigenvalue weighted by molar-refractivity contribution is 0.0981. The van der Waals surface area contributed by atoms with Gasteiger partial charge >= 0.3 is 0 Å². The Kier molecular flexibility index (Phi) is 6.45. The lowest BCUT2D eigenvalue weighted by Crippen LogP contribution is -2.43. The molecule has 0 spiro atoms. The van der Waals surface area contributed by atoms with Crippen LogP contribution in [0.2, 0.25) is 0 Å². The first kappa shape index (κ1) is 24.2. The lowest BCUT2D eigenvalue weighted by atomic mass is 9.90. The number of nitrogens with zero attached hydrogens (tertiary/aromatic N) is 4. The van der Waals surface area contributed by atoms with Crippen LogP contribution < -0.4 is 14.4 Å². The number of hydrogen-bond acceptors (Lipinski definition) is 8. The number of pyridine rings is 2. The van der Waals surface area contributed by atoms with Gasteiger partial charge in [-0.3, -0.25) is 4.79 Å². The lowest BCUT2D eigenvalue weighted by Gasteiger charge is -2.36. The molecule has 0 aliphatic carbocycles. The molecule has 1 unspecified atom stereocenters. The van der Waals surface area contributed by atoms with Crippen molar-refractivity contribution in [3.8, 4) is 17.7 Å². The molecular formula is C25H25N5O4S. The molecule has 1 aromatic carbocycles. The molecule has 4 rings (SSSR count). The fourth-order valence-corrected chi connectivity index (χ4v) is 4.87. The highest BCUT2D eigenvalue weighted by atomic mass is 32.2. The number of sulfonamides is 1. The number of aromatic nitrogens is 2. The van der Waals surface area contributed by atoms with Crippen molar-refractivity contribution in [1.29, 1.82) is 5.26 Å². The van der Waals surface area contributed by atoms with E-state index in [2.05, 4.69) is 35.5 Å². The third-order valence-electron chi connectivity index (χ3n) is 6.38. The zero-order chi connectivity index (χ0) is 25.2. The van der Waals surface area contributed by atoms with Gasteiger partial charge in [-0.1, -0.05) is 13.0 Å². The number of anilines is 1. The Morgan fingerprint density at radius 3 is 2.57 bits per heavy atom. The van der Waals surface area contributed by atoms with Gasteiger partial charge in [0.25, 0.3) is 15.9 Å². The summed E-state index contributed by atoms with van der Waals surface area (Å²) in [5.74, 6) is 0.453. The van der Waals surface area contributed by atoms with E-state index in [9.17, 15) is 13.2 Å². The van der Waals surface area contributed by atoms with E-state index in [1.54, 1.807) is 42.6 Å². The number of hydrogen-bond donors (Lipinski definition) is 1. The minimum absolute atomic E-state index is 0.0277. The van der Waals surface area contributed by atoms with Crippen LogP contribution in [0, 0.1) is 17.2 Å². The molecule has 3 aromatic rings. The monoisotopic (exact) mass is 491 g/mol. The fraction of sp³-hybridized carbons (Fsp3) is 0.280. The van der Waals surface area contributed by atoms with Gasteiger partial charge in [0.05, 0.1) is 17.2 Å². The van der Waals surface area contributed by atoms with Gasteiger partial charge in [-0.25, -0.2) is 9.71 Å². The van der Waals surface area contributed by atoms with Crippen molar-refractivity contribution in [2.45, 2.75) is 37.8 Å². The summed E-state index contributed by atoms with van der Waals surface area (Å²) in [6, 6.07) is 15.7. The Morgan fingerprint density at radius 2 is 1.91 bits per heavy atom. The van der Waals surface area contributed by atoms with Crippen LogP contribution in [0.15, 0.2) is 65.8 Å². The molecular weight excluding hydrogens is 466 g/mol. The number of nitriles is 1. The molecule has 1 fully saturated rings. The molecule has 0 radical (unpaired) electrons. The van der Waals surface area contributed by atoms with E-state index in [0.29, 0.717) is 29.6 Å². The van der Waals surface area contributed by atoms with Gasteiger partial charge in [-0.05, 0) is 68.7 Å². The second-order valence-electron chi connectivity index (χ2n) is 8.86. The van der Waals surface area contributed by atoms with Crippen LogP contribution in [0.25, 0.3) is 0 Å². The van der Waals surface area contributed by atoms with Gasteiger partial charge in [0, 0.05) is 24.3 Å². The molecule has 1 atom stereocenters. The van der Waals surface area contributed by atoms with Crippen molar-refractivity contribution in [3.05, 3.63) is 71.9 Å². The van der Waals surface area contributed by atoms with Crippen LogP contribution in [0.3, 0.4) is 0 Å². The Labute approximate surface area is 204 Å². The summed E-state index contributed by atoms with van der Waals surface area (Å²) in [5.41, 5.74) is 0.398. The number of ether oxygens (including phenoxy) is 1. The number of benzene rings is 1. The van der Waals surface area contributed by atoms with Crippen molar-refractivity contribution in [2.24, 2.45) is 5.92 Å². The van der Waals surface area contributed by atoms with Crippen molar-refractivity contribution < 1.29 is 17.9 Å². The predicted molar refractivity (Wildman–Crippen MR) is 130 cm³/mol. The zero-order valence-electron chi connectivity index (χ0n) is 19.6. The van der Waals surface area contributed by atoms with Gasteiger partial charge in [0.15, 0.2) is 5.03 Å². The van der Waals surface area contributed by atoms with Gasteiger partial charge in [0.1, 0.15) is 11.6 Å². The first-order valence-corrected chi connectivity index (χ1v) is 12.5. The van der Waals surface area contributed by atoms with E-state index in [0.717, 1.165) is 6.42 Å². The van der Waals surface area contributed by atoms with Gasteiger partial charge in [0.2, 0.25) is 5.88 Å². The Bertz CT molecular complexity index is 1400. The molecule has 1 aliphatic rings. The van der Waals surface area contributed by atoms with E-state index >= 15 is 0 Å². The summed E-state index contributed by atoms with van der Waals surface area (Å²) in [5, 5.41) is 8.54. The van der Waals surface area contributed by atoms with Crippen LogP contribution in [0.4, 0.5) is 5.82 Å². The molecule has 1 N–H and O–H groups in total. The number of nitrogens with one attached hydrogen (secondary N) is 1. The maximum Gasteiger partial charge on any atom is 0.281 e. The molecule has 1 aliphatic heterocycles. The molecule has 1 saturated heterocycles. The minimum atomic E-state index is -4.29. The van der Waals surface area contributed by atoms with Gasteiger partial charge in [-0.2, -0.15) is 18.7 Å². The summed E-state index contributed by atoms with van der Waals surface area (Å²) in [6.45, 7) is 7.03. The molecule has 0 bridgehead atoms. The maximum atomic E-state index is 13.1. The largest absolute Gasteiger partial charge is 0.439 e. The number of amides is 1. The summed E-state index contributed by atoms with van der Waals surface area (Å²) >= 11 is 0. The van der Waals surface area contributed by atoms with Crippen molar-refractivity contribution in [3.63, 3.8) is 0 Å². The van der Waals surface area contributed by atoms with Crippen molar-refractivity contribution in [2.75, 3.05) is 11.4 Å². The summed E-state index contributed by atoms with van der Waals surface area (Å²) in [4.78, 5) is 23.6. The number of rotatable bonds is 6. The third-order valence-corrected chi connectivity index (χ3v) is 7.61. The molecule has 180 valence electrons. The van der Waals surface area contributed by atoms with Crippen LogP contribution in [-0.2, 0) is 10.0 Å². The normalized spacial score (nSPS) is 17.0. The molecule has 2 aromatic heterocycles. The molecule has 9 nitrogen and oxygen atoms in total. The van der Waals surface area contributed by atoms with Gasteiger partial charge < -0.3 is 9.64 Å². The zero-order valence-corrected chi connectivity index (χ0v) is 20.4. The summed E-state index contributed by atoms with van der Waals surface area (Å²) < 4.78 is 33.7. The van der Waals surface area contributed by atoms with Gasteiger partial charge in [-0.15, -0.1) is 0 Å². The number of carbonyl (C=O) groups is 1. The quantitative estimate of drug-likeness (QED) is 0.551. The highest BCUT2D eigenvalue weighted by Crippen LogP contribution is 2.38. The molecule has 35 heavy (non-hydrogen) atoms. The highest BCUT2D eigenvalue weighted by Gasteiger charge is 2.40. The average Bonchev–Trinajstić information content (AvgIpc) is 3.11. The second-order valence-corrected chi connectivity index (χ2v) is 10.5. The molecule has 1 amide bonds. The fourth-order valence-electron chi connectivity index (χ4n) is 3.95. The van der Waals surface area contributed by atoms with Crippen LogP contribution in [-0.4, -0.2) is 36.4 Å². The van der Waals surface area contributed by atoms with Crippen molar-refractivity contribution in [1.82, 2.24) is 14.7 Å². The Hall–Kier alpha value is -3.97. The Morgan fingerprint density at radius 1 is 1.17 bits per heavy atom. The third kappa shape index (κ3) is 4.95. The van der Waals surface area contributed by atoms with E-state index in [4.69, 9.17) is 10.00 Å². The van der Waals surface area contributed by atoms with E-state index in [1.807, 2.05) is 11.0 Å². The van der Waals surface area contributed by atoms with E-state index in [-0.39, 0.29) is 22.0 Å². The smallest absolute Gasteiger partial charge is 0.281 e. The van der Waals surface area contributed by atoms with Crippen LogP contribution in [0.5, 0.6) is 11.6 Å². The summed E-state index contributed by atoms with van der Waals surface area (Å²) in [7, 11) is -4.29. The Balaban J connectivity index is 1.56. The van der Waals surface area contributed by atoms with Crippen molar-refractivity contribution >= 4 is 21.7 Å². The number of carbonyl (C=O) groups excluding carboxylic acids is 1. The van der Waals surface area contributed by atoms with E-state index in [1.165, 1.54) is 18.2 Å². The second kappa shape index (κ2) is 9.35. The van der Waals surface area contributed by atoms with E-state index < -0.39 is 15.9 Å². The average molecular weight is 492 g/mol. The molecule has 0 saturated carbocycles. The SMILES string of the molecule is CC1CCN(c2ncccc2C(=O)NS(=O)(=O)c2cccc(Oc3ccc(C#N)cc3)n2)C1(C)C. The highest BCUT2D eigenvalue weighted by molar-refractivity contribution is 7.90. The molecule has 3 heterocycles. The summed E-state index contributed by atoms with van der Waals surface area (Å²) in [6.07, 6.45) is 2.53. The standard InChI is InChI=1S/C25H25N5O4S/c1-17-13-15-30(25(17,2)3)23-20(6-5-14-27-23)24(31)29-35(32,33)22-8-4-7-21(28-22)34-19-11-9-18(16-26)10-12-19/h4-12,14,17H,13,15H2,1-3H3,(H,29,31). The predicted octanol–water partition coefficient (Wildman–Crippen LogP) is 3.88. The topological polar surface area (TPSA) is 125 Å². The van der Waals surface area contributed by atoms with Crippen LogP contribution >= 0.6 is 0 Å². The van der Waals surface area contributed by atoms with Crippen LogP contribution in [0.1, 0.15) is 43.1 Å². The first-order valence-electron chi connectivity index (χ1n) is 11.1. The maximum absolute atomic E-state index is 13.1. The minimum Gasteiger partial charge on any atom is -0.439 e. The first-order chi connectivity index (χ1) is 16.6. The molecule has 10 heteroatoms.